The highest BCUT2D eigenvalue weighted by Gasteiger charge is 2.25. The van der Waals surface area contributed by atoms with E-state index in [1.165, 1.54) is 0 Å². The van der Waals surface area contributed by atoms with Gasteiger partial charge in [0.2, 0.25) is 15.9 Å². The highest BCUT2D eigenvalue weighted by Crippen LogP contribution is 2.22. The first-order valence-electron chi connectivity index (χ1n) is 10.0. The standard InChI is InChI=1S/C22H29N3O3S/c1-16-14-20(29(27,28)25-17(2)19-10-12-23-13-11-19)8-9-21(16)24-22(26)15-18-6-4-3-5-7-18/h3-9,14,17,19,23,25H,10-13,15H2,1-2H3,(H,24,26). The van der Waals surface area contributed by atoms with Crippen molar-refractivity contribution in [2.45, 2.75) is 44.0 Å². The molecule has 0 bridgehead atoms. The smallest absolute Gasteiger partial charge is 0.240 e. The Kier molecular flexibility index (Phi) is 7.05. The molecule has 1 saturated heterocycles. The number of aryl methyl sites for hydroxylation is 1. The molecule has 2 aromatic carbocycles. The van der Waals surface area contributed by atoms with E-state index in [9.17, 15) is 13.2 Å². The van der Waals surface area contributed by atoms with E-state index >= 15 is 0 Å². The van der Waals surface area contributed by atoms with Crippen LogP contribution < -0.4 is 15.4 Å². The van der Waals surface area contributed by atoms with Crippen molar-refractivity contribution in [1.82, 2.24) is 10.0 Å². The zero-order chi connectivity index (χ0) is 20.9. The van der Waals surface area contributed by atoms with Gasteiger partial charge in [0.25, 0.3) is 0 Å². The number of amides is 1. The zero-order valence-corrected chi connectivity index (χ0v) is 17.8. The minimum absolute atomic E-state index is 0.118. The van der Waals surface area contributed by atoms with Gasteiger partial charge in [-0.1, -0.05) is 30.3 Å². The summed E-state index contributed by atoms with van der Waals surface area (Å²) >= 11 is 0. The molecule has 0 radical (unpaired) electrons. The Labute approximate surface area is 173 Å². The third-order valence-corrected chi connectivity index (χ3v) is 6.98. The number of piperidine rings is 1. The molecule has 1 fully saturated rings. The molecule has 0 aliphatic carbocycles. The molecule has 7 heteroatoms. The number of hydrogen-bond acceptors (Lipinski definition) is 4. The minimum Gasteiger partial charge on any atom is -0.326 e. The zero-order valence-electron chi connectivity index (χ0n) is 16.9. The third kappa shape index (κ3) is 5.88. The summed E-state index contributed by atoms with van der Waals surface area (Å²) in [6.07, 6.45) is 2.21. The molecule has 29 heavy (non-hydrogen) atoms. The van der Waals surface area contributed by atoms with E-state index in [0.717, 1.165) is 31.5 Å². The highest BCUT2D eigenvalue weighted by molar-refractivity contribution is 7.89. The summed E-state index contributed by atoms with van der Waals surface area (Å²) in [5.74, 6) is 0.205. The van der Waals surface area contributed by atoms with Crippen molar-refractivity contribution < 1.29 is 13.2 Å². The molecule has 1 aliphatic heterocycles. The van der Waals surface area contributed by atoms with E-state index in [4.69, 9.17) is 0 Å². The average molecular weight is 416 g/mol. The van der Waals surface area contributed by atoms with Gasteiger partial charge in [-0.05, 0) is 75.0 Å². The second-order valence-electron chi connectivity index (χ2n) is 7.68. The molecular formula is C22H29N3O3S. The molecule has 2 aromatic rings. The van der Waals surface area contributed by atoms with E-state index in [-0.39, 0.29) is 23.3 Å². The molecular weight excluding hydrogens is 386 g/mol. The van der Waals surface area contributed by atoms with Gasteiger partial charge < -0.3 is 10.6 Å². The summed E-state index contributed by atoms with van der Waals surface area (Å²) in [5.41, 5.74) is 2.26. The molecule has 1 unspecified atom stereocenters. The first kappa shape index (κ1) is 21.5. The molecule has 6 nitrogen and oxygen atoms in total. The van der Waals surface area contributed by atoms with E-state index in [1.807, 2.05) is 37.3 Å². The molecule has 3 N–H and O–H groups in total. The second-order valence-corrected chi connectivity index (χ2v) is 9.40. The fourth-order valence-electron chi connectivity index (χ4n) is 3.67. The van der Waals surface area contributed by atoms with Gasteiger partial charge in [-0.15, -0.1) is 0 Å². The van der Waals surface area contributed by atoms with Crippen molar-refractivity contribution in [3.63, 3.8) is 0 Å². The summed E-state index contributed by atoms with van der Waals surface area (Å²) in [4.78, 5) is 12.5. The van der Waals surface area contributed by atoms with Crippen LogP contribution in [0.4, 0.5) is 5.69 Å². The van der Waals surface area contributed by atoms with Gasteiger partial charge in [0.05, 0.1) is 11.3 Å². The van der Waals surface area contributed by atoms with Crippen LogP contribution in [0.25, 0.3) is 0 Å². The maximum atomic E-state index is 12.8. The Morgan fingerprint density at radius 3 is 2.48 bits per heavy atom. The summed E-state index contributed by atoms with van der Waals surface area (Å²) < 4.78 is 28.4. The summed E-state index contributed by atoms with van der Waals surface area (Å²) in [5, 5.41) is 6.17. The van der Waals surface area contributed by atoms with Crippen molar-refractivity contribution in [1.29, 1.82) is 0 Å². The Hall–Kier alpha value is -2.22. The van der Waals surface area contributed by atoms with E-state index < -0.39 is 10.0 Å². The number of sulfonamides is 1. The van der Waals surface area contributed by atoms with Crippen molar-refractivity contribution in [2.75, 3.05) is 18.4 Å². The Morgan fingerprint density at radius 1 is 1.14 bits per heavy atom. The van der Waals surface area contributed by atoms with Gasteiger partial charge >= 0.3 is 0 Å². The molecule has 1 atom stereocenters. The Bertz CT molecular complexity index is 939. The molecule has 1 amide bonds. The van der Waals surface area contributed by atoms with E-state index in [2.05, 4.69) is 15.4 Å². The monoisotopic (exact) mass is 415 g/mol. The molecule has 1 aliphatic rings. The number of carbonyl (C=O) groups is 1. The largest absolute Gasteiger partial charge is 0.326 e. The fourth-order valence-corrected chi connectivity index (χ4v) is 5.07. The van der Waals surface area contributed by atoms with Gasteiger partial charge in [-0.3, -0.25) is 4.79 Å². The van der Waals surface area contributed by atoms with Crippen LogP contribution in [0.15, 0.2) is 53.4 Å². The lowest BCUT2D eigenvalue weighted by Crippen LogP contribution is -2.42. The van der Waals surface area contributed by atoms with Gasteiger partial charge in [0.15, 0.2) is 0 Å². The number of carbonyl (C=O) groups excluding carboxylic acids is 1. The van der Waals surface area contributed by atoms with Crippen molar-refractivity contribution >= 4 is 21.6 Å². The topological polar surface area (TPSA) is 87.3 Å². The molecule has 0 saturated carbocycles. The van der Waals surface area contributed by atoms with Crippen LogP contribution in [0.1, 0.15) is 30.9 Å². The van der Waals surface area contributed by atoms with Crippen LogP contribution in [-0.4, -0.2) is 33.5 Å². The normalized spacial score (nSPS) is 16.3. The quantitative estimate of drug-likeness (QED) is 0.649. The van der Waals surface area contributed by atoms with Crippen LogP contribution in [0.5, 0.6) is 0 Å². The van der Waals surface area contributed by atoms with Gasteiger partial charge in [-0.25, -0.2) is 13.1 Å². The lowest BCUT2D eigenvalue weighted by atomic mass is 9.92. The summed E-state index contributed by atoms with van der Waals surface area (Å²) in [7, 11) is -3.61. The van der Waals surface area contributed by atoms with Crippen LogP contribution in [0, 0.1) is 12.8 Å². The maximum absolute atomic E-state index is 12.8. The molecule has 156 valence electrons. The number of nitrogens with one attached hydrogen (secondary N) is 3. The number of hydrogen-bond donors (Lipinski definition) is 3. The maximum Gasteiger partial charge on any atom is 0.240 e. The first-order chi connectivity index (χ1) is 13.8. The minimum atomic E-state index is -3.61. The van der Waals surface area contributed by atoms with Crippen molar-refractivity contribution in [3.05, 3.63) is 59.7 Å². The number of rotatable bonds is 7. The lowest BCUT2D eigenvalue weighted by molar-refractivity contribution is -0.115. The average Bonchev–Trinajstić information content (AvgIpc) is 2.70. The fraction of sp³-hybridized carbons (Fsp3) is 0.409. The molecule has 0 spiro atoms. The van der Waals surface area contributed by atoms with Crippen LogP contribution in [0.3, 0.4) is 0 Å². The van der Waals surface area contributed by atoms with E-state index in [0.29, 0.717) is 17.2 Å². The molecule has 3 rings (SSSR count). The van der Waals surface area contributed by atoms with Crippen LogP contribution in [-0.2, 0) is 21.2 Å². The third-order valence-electron chi connectivity index (χ3n) is 5.42. The summed E-state index contributed by atoms with van der Waals surface area (Å²) in [6, 6.07) is 14.2. The lowest BCUT2D eigenvalue weighted by Gasteiger charge is -2.28. The Balaban J connectivity index is 1.65. The van der Waals surface area contributed by atoms with Gasteiger partial charge in [0, 0.05) is 11.7 Å². The number of benzene rings is 2. The van der Waals surface area contributed by atoms with Crippen molar-refractivity contribution in [3.8, 4) is 0 Å². The van der Waals surface area contributed by atoms with Crippen molar-refractivity contribution in [2.24, 2.45) is 5.92 Å². The highest BCUT2D eigenvalue weighted by atomic mass is 32.2. The van der Waals surface area contributed by atoms with E-state index in [1.54, 1.807) is 25.1 Å². The predicted molar refractivity (Wildman–Crippen MR) is 115 cm³/mol. The molecule has 1 heterocycles. The first-order valence-corrected chi connectivity index (χ1v) is 11.5. The second kappa shape index (κ2) is 9.52. The molecule has 0 aromatic heterocycles. The number of anilines is 1. The van der Waals surface area contributed by atoms with Gasteiger partial charge in [-0.2, -0.15) is 0 Å². The SMILES string of the molecule is Cc1cc(S(=O)(=O)NC(C)C2CCNCC2)ccc1NC(=O)Cc1ccccc1. The summed E-state index contributed by atoms with van der Waals surface area (Å²) in [6.45, 7) is 5.58. The van der Waals surface area contributed by atoms with Crippen LogP contribution in [0.2, 0.25) is 0 Å². The predicted octanol–water partition coefficient (Wildman–Crippen LogP) is 2.84. The van der Waals surface area contributed by atoms with Crippen LogP contribution >= 0.6 is 0 Å². The Morgan fingerprint density at radius 2 is 1.83 bits per heavy atom. The van der Waals surface area contributed by atoms with Gasteiger partial charge in [0.1, 0.15) is 0 Å².